The molecule has 2 aliphatic heterocycles. The van der Waals surface area contributed by atoms with Crippen LogP contribution in [0.15, 0.2) is 0 Å². The first-order valence-electron chi connectivity index (χ1n) is 3.48. The van der Waals surface area contributed by atoms with E-state index in [2.05, 4.69) is 5.32 Å². The quantitative estimate of drug-likeness (QED) is 0.492. The van der Waals surface area contributed by atoms with Crippen molar-refractivity contribution in [3.63, 3.8) is 0 Å². The number of halogens is 1. The van der Waals surface area contributed by atoms with Gasteiger partial charge in [0.25, 0.3) is 0 Å². The highest BCUT2D eigenvalue weighted by Crippen LogP contribution is 2.22. The molecule has 0 aromatic carbocycles. The van der Waals surface area contributed by atoms with Crippen LogP contribution < -0.4 is 5.32 Å². The van der Waals surface area contributed by atoms with Crippen LogP contribution in [0.4, 0.5) is 9.18 Å². The summed E-state index contributed by atoms with van der Waals surface area (Å²) in [5.41, 5.74) is 0. The molecule has 2 saturated heterocycles. The molecule has 10 heavy (non-hydrogen) atoms. The third-order valence-electron chi connectivity index (χ3n) is 2.10. The highest BCUT2D eigenvalue weighted by Gasteiger charge is 2.38. The smallest absolute Gasteiger partial charge is 0.320 e. The first-order valence-corrected chi connectivity index (χ1v) is 3.48. The average molecular weight is 144 g/mol. The summed E-state index contributed by atoms with van der Waals surface area (Å²) in [5.74, 6) is 0. The van der Waals surface area contributed by atoms with Gasteiger partial charge in [-0.25, -0.2) is 9.18 Å². The number of carbonyl (C=O) groups excluding carboxylic acids is 1. The molecule has 3 nitrogen and oxygen atoms in total. The van der Waals surface area contributed by atoms with Crippen molar-refractivity contribution in [3.05, 3.63) is 0 Å². The van der Waals surface area contributed by atoms with E-state index >= 15 is 0 Å². The Labute approximate surface area is 58.2 Å². The molecule has 0 saturated carbocycles. The fraction of sp³-hybridized carbons (Fsp3) is 0.833. The topological polar surface area (TPSA) is 32.3 Å². The number of fused-ring (bicyclic) bond motifs is 2. The van der Waals surface area contributed by atoms with Crippen LogP contribution in [0.2, 0.25) is 0 Å². The number of nitrogens with one attached hydrogen (secondary N) is 1. The number of hydrogen-bond acceptors (Lipinski definition) is 1. The number of hydrogen-bond donors (Lipinski definition) is 1. The number of alkyl halides is 1. The Hall–Kier alpha value is -0.800. The second-order valence-corrected chi connectivity index (χ2v) is 2.81. The summed E-state index contributed by atoms with van der Waals surface area (Å²) >= 11 is 0. The molecule has 0 aromatic heterocycles. The van der Waals surface area contributed by atoms with Gasteiger partial charge >= 0.3 is 6.03 Å². The SMILES string of the molecule is O=C1NC2CCC(F)N1C2. The van der Waals surface area contributed by atoms with Gasteiger partial charge in [-0.15, -0.1) is 0 Å². The monoisotopic (exact) mass is 144 g/mol. The summed E-state index contributed by atoms with van der Waals surface area (Å²) in [6.45, 7) is 0.556. The molecule has 2 unspecified atom stereocenters. The lowest BCUT2D eigenvalue weighted by Gasteiger charge is -2.23. The van der Waals surface area contributed by atoms with Crippen molar-refractivity contribution < 1.29 is 9.18 Å². The molecule has 0 aromatic rings. The minimum absolute atomic E-state index is 0.208. The Morgan fingerprint density at radius 1 is 1.60 bits per heavy atom. The van der Waals surface area contributed by atoms with Gasteiger partial charge in [0.05, 0.1) is 0 Å². The number of nitrogens with zero attached hydrogens (tertiary/aromatic N) is 1. The largest absolute Gasteiger partial charge is 0.333 e. The molecular formula is C6H9FN2O. The second-order valence-electron chi connectivity index (χ2n) is 2.81. The van der Waals surface area contributed by atoms with Crippen molar-refractivity contribution in [1.82, 2.24) is 10.2 Å². The van der Waals surface area contributed by atoms with Crippen LogP contribution in [0, 0.1) is 0 Å². The Morgan fingerprint density at radius 2 is 2.40 bits per heavy atom. The van der Waals surface area contributed by atoms with E-state index < -0.39 is 6.30 Å². The first kappa shape index (κ1) is 5.95. The molecule has 0 spiro atoms. The standard InChI is InChI=1S/C6H9FN2O/c7-5-2-1-4-3-9(5)6(10)8-4/h4-5H,1-3H2,(H,8,10). The number of rotatable bonds is 0. The number of amides is 2. The summed E-state index contributed by atoms with van der Waals surface area (Å²) < 4.78 is 12.8. The van der Waals surface area contributed by atoms with Crippen molar-refractivity contribution in [3.8, 4) is 0 Å². The lowest BCUT2D eigenvalue weighted by molar-refractivity contribution is 0.0972. The van der Waals surface area contributed by atoms with E-state index in [0.717, 1.165) is 6.42 Å². The van der Waals surface area contributed by atoms with Gasteiger partial charge < -0.3 is 5.32 Å². The molecule has 2 rings (SSSR count). The lowest BCUT2D eigenvalue weighted by atomic mass is 10.1. The minimum atomic E-state index is -1.04. The summed E-state index contributed by atoms with van der Waals surface area (Å²) in [7, 11) is 0. The van der Waals surface area contributed by atoms with Crippen LogP contribution in [0.1, 0.15) is 12.8 Å². The van der Waals surface area contributed by atoms with E-state index in [-0.39, 0.29) is 12.1 Å². The Kier molecular flexibility index (Phi) is 1.09. The van der Waals surface area contributed by atoms with Crippen LogP contribution in [0.3, 0.4) is 0 Å². The average Bonchev–Trinajstić information content (AvgIpc) is 2.21. The maximum absolute atomic E-state index is 12.8. The van der Waals surface area contributed by atoms with Crippen molar-refractivity contribution in [1.29, 1.82) is 0 Å². The van der Waals surface area contributed by atoms with E-state index in [1.165, 1.54) is 4.90 Å². The molecule has 2 aliphatic rings. The predicted molar refractivity (Wildman–Crippen MR) is 33.2 cm³/mol. The van der Waals surface area contributed by atoms with Crippen LogP contribution in [-0.4, -0.2) is 29.8 Å². The maximum Gasteiger partial charge on any atom is 0.320 e. The summed E-state index contributed by atoms with van der Waals surface area (Å²) in [6, 6.07) is -0.0329. The first-order chi connectivity index (χ1) is 4.77. The van der Waals surface area contributed by atoms with Gasteiger partial charge in [-0.3, -0.25) is 4.90 Å². The van der Waals surface area contributed by atoms with Crippen LogP contribution in [-0.2, 0) is 0 Å². The third kappa shape index (κ3) is 0.678. The van der Waals surface area contributed by atoms with Gasteiger partial charge in [-0.1, -0.05) is 0 Å². The zero-order valence-electron chi connectivity index (χ0n) is 5.51. The van der Waals surface area contributed by atoms with E-state index in [1.807, 2.05) is 0 Å². The number of piperidine rings is 1. The summed E-state index contributed by atoms with van der Waals surface area (Å²) in [6.07, 6.45) is 0.228. The second kappa shape index (κ2) is 1.84. The Bertz CT molecular complexity index is 173. The fourth-order valence-electron chi connectivity index (χ4n) is 1.52. The number of carbonyl (C=O) groups is 1. The van der Waals surface area contributed by atoms with Crippen molar-refractivity contribution in [2.45, 2.75) is 25.2 Å². The molecule has 4 heteroatoms. The maximum atomic E-state index is 12.8. The predicted octanol–water partition coefficient (Wildman–Crippen LogP) is 0.470. The fourth-order valence-corrected chi connectivity index (χ4v) is 1.52. The van der Waals surface area contributed by atoms with Gasteiger partial charge in [0, 0.05) is 12.6 Å². The normalized spacial score (nSPS) is 38.1. The van der Waals surface area contributed by atoms with E-state index in [1.54, 1.807) is 0 Å². The van der Waals surface area contributed by atoms with Crippen molar-refractivity contribution in [2.75, 3.05) is 6.54 Å². The van der Waals surface area contributed by atoms with Gasteiger partial charge in [-0.2, -0.15) is 0 Å². The van der Waals surface area contributed by atoms with Gasteiger partial charge in [0.1, 0.15) is 0 Å². The third-order valence-corrected chi connectivity index (χ3v) is 2.10. The molecule has 2 fully saturated rings. The molecule has 1 N–H and O–H groups in total. The minimum Gasteiger partial charge on any atom is -0.333 e. The summed E-state index contributed by atoms with van der Waals surface area (Å²) in [4.78, 5) is 12.1. The van der Waals surface area contributed by atoms with E-state index in [4.69, 9.17) is 0 Å². The van der Waals surface area contributed by atoms with Crippen molar-refractivity contribution >= 4 is 6.03 Å². The Balaban J connectivity index is 2.17. The molecule has 2 bridgehead atoms. The molecule has 0 radical (unpaired) electrons. The summed E-state index contributed by atoms with van der Waals surface area (Å²) in [5, 5.41) is 2.69. The zero-order chi connectivity index (χ0) is 7.14. The van der Waals surface area contributed by atoms with Crippen LogP contribution in [0.25, 0.3) is 0 Å². The molecule has 0 aliphatic carbocycles. The molecule has 2 atom stereocenters. The molecule has 2 amide bonds. The Morgan fingerprint density at radius 3 is 3.10 bits per heavy atom. The van der Waals surface area contributed by atoms with Gasteiger partial charge in [0.2, 0.25) is 0 Å². The highest BCUT2D eigenvalue weighted by atomic mass is 19.1. The van der Waals surface area contributed by atoms with Gasteiger partial charge in [0.15, 0.2) is 6.30 Å². The van der Waals surface area contributed by atoms with Crippen molar-refractivity contribution in [2.24, 2.45) is 0 Å². The zero-order valence-corrected chi connectivity index (χ0v) is 5.51. The van der Waals surface area contributed by atoms with Gasteiger partial charge in [-0.05, 0) is 12.8 Å². The van der Waals surface area contributed by atoms with E-state index in [9.17, 15) is 9.18 Å². The number of urea groups is 1. The molecule has 2 heterocycles. The molecule has 56 valence electrons. The van der Waals surface area contributed by atoms with Crippen LogP contribution >= 0.6 is 0 Å². The highest BCUT2D eigenvalue weighted by molar-refractivity contribution is 5.77. The lowest BCUT2D eigenvalue weighted by Crippen LogP contribution is -2.36. The van der Waals surface area contributed by atoms with Crippen LogP contribution in [0.5, 0.6) is 0 Å². The molecular weight excluding hydrogens is 135 g/mol. The van der Waals surface area contributed by atoms with E-state index in [0.29, 0.717) is 13.0 Å².